The number of hydrogen-bond donors (Lipinski definition) is 1. The molecular weight excluding hydrogens is 254 g/mol. The summed E-state index contributed by atoms with van der Waals surface area (Å²) in [7, 11) is 0. The molecule has 20 heavy (non-hydrogen) atoms. The van der Waals surface area contributed by atoms with Gasteiger partial charge >= 0.3 is 5.97 Å². The predicted molar refractivity (Wildman–Crippen MR) is 75.2 cm³/mol. The highest BCUT2D eigenvalue weighted by atomic mass is 16.7. The molecule has 4 nitrogen and oxygen atoms in total. The van der Waals surface area contributed by atoms with Gasteiger partial charge in [-0.25, -0.2) is 4.79 Å². The average molecular weight is 265 g/mol. The summed E-state index contributed by atoms with van der Waals surface area (Å²) in [4.78, 5) is 16.5. The van der Waals surface area contributed by atoms with E-state index in [0.717, 1.165) is 5.56 Å². The van der Waals surface area contributed by atoms with Crippen LogP contribution in [0.25, 0.3) is 6.08 Å². The Labute approximate surface area is 115 Å². The molecule has 0 saturated heterocycles. The minimum atomic E-state index is -0.493. The summed E-state index contributed by atoms with van der Waals surface area (Å²) in [6.45, 7) is 0. The second-order valence-electron chi connectivity index (χ2n) is 4.34. The Bertz CT molecular complexity index is 718. The zero-order valence-electron chi connectivity index (χ0n) is 10.5. The van der Waals surface area contributed by atoms with E-state index in [4.69, 9.17) is 4.84 Å². The molecule has 0 radical (unpaired) electrons. The van der Waals surface area contributed by atoms with Crippen molar-refractivity contribution in [2.24, 2.45) is 5.16 Å². The van der Waals surface area contributed by atoms with Crippen LogP contribution >= 0.6 is 0 Å². The molecule has 0 bridgehead atoms. The minimum absolute atomic E-state index is 0.143. The van der Waals surface area contributed by atoms with Crippen molar-refractivity contribution in [1.82, 2.24) is 0 Å². The lowest BCUT2D eigenvalue weighted by atomic mass is 10.0. The predicted octanol–water partition coefficient (Wildman–Crippen LogP) is 2.74. The molecule has 2 aromatic carbocycles. The SMILES string of the molecule is O=C1ON=C(c2ccccc2)C1=Cc1cccc(O)c1. The maximum atomic E-state index is 11.8. The van der Waals surface area contributed by atoms with E-state index in [1.807, 2.05) is 30.3 Å². The molecule has 0 saturated carbocycles. The second kappa shape index (κ2) is 5.01. The fourth-order valence-corrected chi connectivity index (χ4v) is 1.99. The van der Waals surface area contributed by atoms with E-state index in [1.165, 1.54) is 0 Å². The number of phenolic OH excluding ortho intramolecular Hbond substituents is 1. The Hall–Kier alpha value is -2.88. The van der Waals surface area contributed by atoms with Crippen LogP contribution in [0.2, 0.25) is 0 Å². The molecule has 2 aromatic rings. The van der Waals surface area contributed by atoms with Crippen LogP contribution in [-0.4, -0.2) is 16.8 Å². The lowest BCUT2D eigenvalue weighted by Crippen LogP contribution is -2.06. The van der Waals surface area contributed by atoms with Gasteiger partial charge in [0, 0.05) is 5.56 Å². The number of hydrogen-bond acceptors (Lipinski definition) is 4. The molecule has 1 heterocycles. The summed E-state index contributed by atoms with van der Waals surface area (Å²) in [5.41, 5.74) is 2.40. The Morgan fingerprint density at radius 1 is 1.05 bits per heavy atom. The first-order valence-electron chi connectivity index (χ1n) is 6.10. The molecule has 98 valence electrons. The van der Waals surface area contributed by atoms with Gasteiger partial charge in [-0.05, 0) is 23.8 Å². The largest absolute Gasteiger partial charge is 0.508 e. The van der Waals surface area contributed by atoms with Crippen molar-refractivity contribution in [2.75, 3.05) is 0 Å². The Morgan fingerprint density at radius 3 is 2.60 bits per heavy atom. The lowest BCUT2D eigenvalue weighted by Gasteiger charge is -2.00. The molecule has 1 N–H and O–H groups in total. The van der Waals surface area contributed by atoms with Crippen molar-refractivity contribution in [2.45, 2.75) is 0 Å². The number of carbonyl (C=O) groups excluding carboxylic acids is 1. The van der Waals surface area contributed by atoms with Crippen molar-refractivity contribution in [1.29, 1.82) is 0 Å². The number of rotatable bonds is 2. The van der Waals surface area contributed by atoms with Crippen LogP contribution in [-0.2, 0) is 9.63 Å². The van der Waals surface area contributed by atoms with Crippen molar-refractivity contribution in [3.05, 3.63) is 71.3 Å². The normalized spacial score (nSPS) is 16.1. The highest BCUT2D eigenvalue weighted by molar-refractivity contribution is 6.31. The van der Waals surface area contributed by atoms with Crippen LogP contribution in [0.1, 0.15) is 11.1 Å². The molecule has 0 atom stereocenters. The van der Waals surface area contributed by atoms with Gasteiger partial charge in [-0.15, -0.1) is 0 Å². The number of oxime groups is 1. The molecule has 1 aliphatic heterocycles. The van der Waals surface area contributed by atoms with E-state index in [1.54, 1.807) is 30.3 Å². The van der Waals surface area contributed by atoms with E-state index in [2.05, 4.69) is 5.16 Å². The van der Waals surface area contributed by atoms with Crippen LogP contribution in [0, 0.1) is 0 Å². The number of aromatic hydroxyl groups is 1. The summed E-state index contributed by atoms with van der Waals surface area (Å²) in [5.74, 6) is -0.351. The summed E-state index contributed by atoms with van der Waals surface area (Å²) < 4.78 is 0. The number of phenols is 1. The van der Waals surface area contributed by atoms with Gasteiger partial charge < -0.3 is 9.94 Å². The topological polar surface area (TPSA) is 58.9 Å². The first-order chi connectivity index (χ1) is 9.74. The number of nitrogens with zero attached hydrogens (tertiary/aromatic N) is 1. The van der Waals surface area contributed by atoms with Gasteiger partial charge in [0.15, 0.2) is 0 Å². The van der Waals surface area contributed by atoms with Gasteiger partial charge in [0.05, 0.1) is 5.57 Å². The molecule has 0 amide bonds. The zero-order chi connectivity index (χ0) is 13.9. The Balaban J connectivity index is 2.03. The third-order valence-corrected chi connectivity index (χ3v) is 2.92. The molecule has 0 unspecified atom stereocenters. The number of carbonyl (C=O) groups is 1. The lowest BCUT2D eigenvalue weighted by molar-refractivity contribution is -0.136. The van der Waals surface area contributed by atoms with Gasteiger partial charge in [0.25, 0.3) is 0 Å². The van der Waals surface area contributed by atoms with Crippen molar-refractivity contribution >= 4 is 17.8 Å². The zero-order valence-corrected chi connectivity index (χ0v) is 10.5. The van der Waals surface area contributed by atoms with E-state index in [9.17, 15) is 9.90 Å². The molecule has 0 aromatic heterocycles. The minimum Gasteiger partial charge on any atom is -0.508 e. The summed E-state index contributed by atoms with van der Waals surface area (Å²) >= 11 is 0. The maximum Gasteiger partial charge on any atom is 0.368 e. The van der Waals surface area contributed by atoms with Crippen LogP contribution < -0.4 is 0 Å². The summed E-state index contributed by atoms with van der Waals surface area (Å²) in [6.07, 6.45) is 1.65. The summed E-state index contributed by atoms with van der Waals surface area (Å²) in [6, 6.07) is 16.0. The molecule has 0 aliphatic carbocycles. The second-order valence-corrected chi connectivity index (χ2v) is 4.34. The highest BCUT2D eigenvalue weighted by Gasteiger charge is 2.26. The third kappa shape index (κ3) is 2.31. The standard InChI is InChI=1S/C16H11NO3/c18-13-8-4-5-11(9-13)10-14-15(17-20-16(14)19)12-6-2-1-3-7-12/h1-10,18H. The average Bonchev–Trinajstić information content (AvgIpc) is 2.81. The van der Waals surface area contributed by atoms with Crippen molar-refractivity contribution in [3.8, 4) is 5.75 Å². The first-order valence-corrected chi connectivity index (χ1v) is 6.10. The van der Waals surface area contributed by atoms with Crippen molar-refractivity contribution < 1.29 is 14.7 Å². The third-order valence-electron chi connectivity index (χ3n) is 2.92. The highest BCUT2D eigenvalue weighted by Crippen LogP contribution is 2.22. The smallest absolute Gasteiger partial charge is 0.368 e. The van der Waals surface area contributed by atoms with E-state index in [-0.39, 0.29) is 5.75 Å². The summed E-state index contributed by atoms with van der Waals surface area (Å²) in [5, 5.41) is 13.3. The fourth-order valence-electron chi connectivity index (χ4n) is 1.99. The number of benzene rings is 2. The molecule has 1 aliphatic rings. The van der Waals surface area contributed by atoms with Crippen LogP contribution in [0.3, 0.4) is 0 Å². The van der Waals surface area contributed by atoms with Crippen LogP contribution in [0.5, 0.6) is 5.75 Å². The molecule has 0 spiro atoms. The van der Waals surface area contributed by atoms with E-state index >= 15 is 0 Å². The van der Waals surface area contributed by atoms with Gasteiger partial charge in [-0.1, -0.05) is 47.6 Å². The molecular formula is C16H11NO3. The molecule has 0 fully saturated rings. The first kappa shape index (κ1) is 12.2. The maximum absolute atomic E-state index is 11.8. The van der Waals surface area contributed by atoms with Gasteiger partial charge in [-0.2, -0.15) is 0 Å². The molecule has 3 rings (SSSR count). The van der Waals surface area contributed by atoms with Crippen LogP contribution in [0.15, 0.2) is 65.3 Å². The van der Waals surface area contributed by atoms with Gasteiger partial charge in [-0.3, -0.25) is 0 Å². The fraction of sp³-hybridized carbons (Fsp3) is 0. The van der Waals surface area contributed by atoms with E-state index < -0.39 is 5.97 Å². The molecule has 4 heteroatoms. The van der Waals surface area contributed by atoms with Crippen LogP contribution in [0.4, 0.5) is 0 Å². The van der Waals surface area contributed by atoms with Gasteiger partial charge in [0.1, 0.15) is 11.5 Å². The van der Waals surface area contributed by atoms with E-state index in [0.29, 0.717) is 16.8 Å². The van der Waals surface area contributed by atoms with Gasteiger partial charge in [0.2, 0.25) is 0 Å². The monoisotopic (exact) mass is 265 g/mol. The Morgan fingerprint density at radius 2 is 1.85 bits per heavy atom. The Kier molecular flexibility index (Phi) is 3.05. The van der Waals surface area contributed by atoms with Crippen molar-refractivity contribution in [3.63, 3.8) is 0 Å². The quantitative estimate of drug-likeness (QED) is 0.671.